The van der Waals surface area contributed by atoms with E-state index in [1.807, 2.05) is 0 Å². The molecule has 8 heteroatoms. The zero-order chi connectivity index (χ0) is 112. The molecule has 2 aromatic rings. The van der Waals surface area contributed by atoms with E-state index in [9.17, 15) is 38.7 Å². The number of unbranched alkanes of at least 4 members (excludes halogenated alkanes) is 1. The summed E-state index contributed by atoms with van der Waals surface area (Å²) in [5.74, 6) is 16.2. The topological polar surface area (TPSA) is 140 Å². The average Bonchev–Trinajstić information content (AvgIpc) is 0.859. The zero-order valence-electron chi connectivity index (χ0n) is 105. The molecular formula is C133H250O8. The number of carbonyl (C=O) groups excluding carboxylic acids is 7. The van der Waals surface area contributed by atoms with Crippen molar-refractivity contribution in [1.82, 2.24) is 0 Å². The lowest BCUT2D eigenvalue weighted by atomic mass is 9.69. The molecule has 0 fully saturated rings. The lowest BCUT2D eigenvalue weighted by molar-refractivity contribution is -0.130. The normalized spacial score (nSPS) is 15.5. The van der Waals surface area contributed by atoms with Crippen LogP contribution >= 0.6 is 0 Å². The number of carbonyl (C=O) groups is 7. The predicted octanol–water partition coefficient (Wildman–Crippen LogP) is 39.2. The van der Waals surface area contributed by atoms with Gasteiger partial charge in [-0.1, -0.05) is 460 Å². The van der Waals surface area contributed by atoms with E-state index < -0.39 is 0 Å². The fourth-order valence-electron chi connectivity index (χ4n) is 25.7. The first-order chi connectivity index (χ1) is 63.8. The molecule has 830 valence electrons. The predicted molar refractivity (Wildman–Crippen MR) is 624 cm³/mol. The van der Waals surface area contributed by atoms with Crippen molar-refractivity contribution in [2.45, 2.75) is 516 Å². The summed E-state index contributed by atoms with van der Waals surface area (Å²) >= 11 is 0. The Bertz CT molecular complexity index is 3560. The van der Waals surface area contributed by atoms with Gasteiger partial charge in [-0.2, -0.15) is 0 Å². The second kappa shape index (κ2) is 70.2. The molecule has 2 rings (SSSR count). The summed E-state index contributed by atoms with van der Waals surface area (Å²) < 4.78 is 0. The third-order valence-electron chi connectivity index (χ3n) is 28.7. The van der Waals surface area contributed by atoms with E-state index in [1.54, 1.807) is 0 Å². The Morgan fingerprint density at radius 2 is 0.454 bits per heavy atom. The molecule has 0 saturated carbocycles. The zero-order valence-corrected chi connectivity index (χ0v) is 105. The van der Waals surface area contributed by atoms with Crippen LogP contribution in [0.5, 0.6) is 0 Å². The first-order valence-electron chi connectivity index (χ1n) is 58.1. The van der Waals surface area contributed by atoms with Crippen molar-refractivity contribution in [3.05, 3.63) is 71.3 Å². The van der Waals surface area contributed by atoms with Gasteiger partial charge in [0.1, 0.15) is 40.5 Å². The highest BCUT2D eigenvalue weighted by Gasteiger charge is 2.42. The molecule has 0 saturated heterocycles. The standard InChI is InChI=1S/C23H38O.C22H36O.2C19H38O.C18H36O.C16H32O2.C16H32O/c1-16(2)13-20(14-19-11-9-18(5)10-12-19)15-21(24)22(17(3)4)23(6,7)8;1-16(2)13-19(14-18-11-9-8-10-12-18)15-20(23)21(17(3)4)22(5,6)7;1-13(2)10-16(11-14(3)4)12-17(20)18(15(5)6)19(7,8)9;1-9-10-11-16(12-14(2)3)13-17(20)18(15(4)5)19(6,7)8;1-12(2)10-15(13(3)4)11-16(19)17(14(5)6)18(7,8)9;1-11(2)8-13(10-17)9-14(18)15(12(3)4)16(5,6)7;1-11(2)9-13(5)10-14(17)15(12(3)4)16(6,7)8/h9-12,16-17,20,22H,13-15H2,1-8H3;8-12,16-17,19,21H,13-15H2,1-7H3;13-16,18H,10-12H2,1-9H3;14-16,18H,9-13H2,1-8H3;12-15,17H,10-11H2,1-9H3;11-13,15,17H,8-10H2,1-7H3;11-13,15H,9-10H2,1-8H3/t20-,22-;19-,21-;18-;16-,18+;15-,17+;2*13-,15+/m1110000/s1. The molecule has 0 amide bonds. The van der Waals surface area contributed by atoms with Crippen LogP contribution in [0.15, 0.2) is 54.6 Å². The maximum Gasteiger partial charge on any atom is 0.137 e. The molecule has 13 atom stereocenters. The van der Waals surface area contributed by atoms with Crippen molar-refractivity contribution in [3.63, 3.8) is 0 Å². The smallest absolute Gasteiger partial charge is 0.137 e. The van der Waals surface area contributed by atoms with Crippen molar-refractivity contribution < 1.29 is 38.7 Å². The van der Waals surface area contributed by atoms with E-state index in [0.29, 0.717) is 190 Å². The molecule has 0 aliphatic carbocycles. The van der Waals surface area contributed by atoms with Gasteiger partial charge in [0.05, 0.1) is 0 Å². The number of rotatable bonds is 53. The first kappa shape index (κ1) is 146. The highest BCUT2D eigenvalue weighted by Crippen LogP contribution is 2.44. The summed E-state index contributed by atoms with van der Waals surface area (Å²) in [6.07, 6.45) is 19.8. The molecule has 0 aromatic heterocycles. The third kappa shape index (κ3) is 67.7. The Labute approximate surface area is 883 Å². The number of aryl methyl sites for hydroxylation is 1. The van der Waals surface area contributed by atoms with Crippen LogP contribution in [0.2, 0.25) is 0 Å². The second-order valence-corrected chi connectivity index (χ2v) is 59.0. The number of hydrogen-bond donors (Lipinski definition) is 1. The Morgan fingerprint density at radius 3 is 0.688 bits per heavy atom. The molecule has 0 spiro atoms. The van der Waals surface area contributed by atoms with Gasteiger partial charge < -0.3 is 5.11 Å². The van der Waals surface area contributed by atoms with Gasteiger partial charge in [-0.3, -0.25) is 33.6 Å². The minimum atomic E-state index is 0.00306. The van der Waals surface area contributed by atoms with Crippen LogP contribution in [0, 0.1) is 222 Å². The van der Waals surface area contributed by atoms with Gasteiger partial charge in [0.2, 0.25) is 0 Å². The molecule has 1 N–H and O–H groups in total. The van der Waals surface area contributed by atoms with E-state index in [4.69, 9.17) is 0 Å². The fourth-order valence-corrected chi connectivity index (χ4v) is 25.7. The highest BCUT2D eigenvalue weighted by molar-refractivity contribution is 5.85. The molecule has 141 heavy (non-hydrogen) atoms. The Morgan fingerprint density at radius 1 is 0.241 bits per heavy atom. The lowest BCUT2D eigenvalue weighted by Gasteiger charge is -2.34. The van der Waals surface area contributed by atoms with Crippen LogP contribution in [0.1, 0.15) is 513 Å². The third-order valence-corrected chi connectivity index (χ3v) is 28.7. The first-order valence-corrected chi connectivity index (χ1v) is 58.1. The summed E-state index contributed by atoms with van der Waals surface area (Å²) in [5, 5.41) is 9.39. The molecule has 0 aliphatic rings. The van der Waals surface area contributed by atoms with Crippen LogP contribution < -0.4 is 0 Å². The van der Waals surface area contributed by atoms with Crippen LogP contribution in [0.4, 0.5) is 0 Å². The number of ketones is 7. The van der Waals surface area contributed by atoms with Gasteiger partial charge in [-0.15, -0.1) is 0 Å². The van der Waals surface area contributed by atoms with E-state index >= 15 is 0 Å². The van der Waals surface area contributed by atoms with Crippen molar-refractivity contribution in [2.75, 3.05) is 6.61 Å². The summed E-state index contributed by atoms with van der Waals surface area (Å²) in [4.78, 5) is 89.3. The molecule has 0 radical (unpaired) electrons. The van der Waals surface area contributed by atoms with Gasteiger partial charge in [0.25, 0.3) is 0 Å². The summed E-state index contributed by atoms with van der Waals surface area (Å²) in [7, 11) is 0. The molecule has 8 nitrogen and oxygen atoms in total. The van der Waals surface area contributed by atoms with Gasteiger partial charge in [0, 0.05) is 93.0 Å². The van der Waals surface area contributed by atoms with Crippen LogP contribution in [0.3, 0.4) is 0 Å². The van der Waals surface area contributed by atoms with Crippen molar-refractivity contribution >= 4 is 40.5 Å². The van der Waals surface area contributed by atoms with Crippen molar-refractivity contribution in [1.29, 1.82) is 0 Å². The largest absolute Gasteiger partial charge is 0.396 e. The number of Topliss-reactive ketones (excluding diaryl/α,β-unsaturated/α-hetero) is 7. The maximum atomic E-state index is 13.1. The minimum Gasteiger partial charge on any atom is -0.396 e. The van der Waals surface area contributed by atoms with E-state index in [-0.39, 0.29) is 91.9 Å². The number of benzene rings is 2. The van der Waals surface area contributed by atoms with Crippen LogP contribution in [-0.4, -0.2) is 52.2 Å². The Balaban J connectivity index is -0.000000512. The van der Waals surface area contributed by atoms with Crippen molar-refractivity contribution in [3.8, 4) is 0 Å². The fraction of sp³-hybridized carbons (Fsp3) is 0.857. The molecule has 0 heterocycles. The molecular weight excluding hydrogens is 1730 g/mol. The maximum absolute atomic E-state index is 13.1. The number of aliphatic hydroxyl groups excluding tert-OH is 1. The summed E-state index contributed by atoms with van der Waals surface area (Å²) in [6.45, 7) is 123. The number of hydrogen-bond acceptors (Lipinski definition) is 8. The van der Waals surface area contributed by atoms with Crippen molar-refractivity contribution in [2.24, 2.45) is 215 Å². The Hall–Kier alpha value is -3.91. The van der Waals surface area contributed by atoms with Gasteiger partial charge in [0.15, 0.2) is 0 Å². The second-order valence-electron chi connectivity index (χ2n) is 59.0. The Kier molecular flexibility index (Phi) is 72.5. The van der Waals surface area contributed by atoms with Gasteiger partial charge in [-0.25, -0.2) is 0 Å². The van der Waals surface area contributed by atoms with Crippen LogP contribution in [-0.2, 0) is 46.4 Å². The summed E-state index contributed by atoms with van der Waals surface area (Å²) in [5.41, 5.74) is 4.40. The van der Waals surface area contributed by atoms with E-state index in [1.165, 1.54) is 61.6 Å². The van der Waals surface area contributed by atoms with Crippen LogP contribution in [0.25, 0.3) is 0 Å². The van der Waals surface area contributed by atoms with E-state index in [2.05, 4.69) is 442 Å². The molecule has 0 aliphatic heterocycles. The minimum absolute atomic E-state index is 0.00306. The number of aliphatic hydroxyl groups is 1. The van der Waals surface area contributed by atoms with Gasteiger partial charge >= 0.3 is 0 Å². The quantitative estimate of drug-likeness (QED) is 0.0691. The monoisotopic (exact) mass is 1980 g/mol. The molecule has 2 aromatic carbocycles. The molecule has 0 unspecified atom stereocenters. The van der Waals surface area contributed by atoms with Gasteiger partial charge in [-0.05, 0) is 256 Å². The summed E-state index contributed by atoms with van der Waals surface area (Å²) in [6, 6.07) is 19.4. The highest BCUT2D eigenvalue weighted by atomic mass is 16.3. The SMILES string of the molecule is CC(C)CC(CC(=O)[C@@H](C(C)C)C(C)(C)C)CC(C)C.CC(C)C[C@@H](CC(=O)[C@@H](C(C)C)C(C)(C)C)C(C)C.CC(C)C[C@@H](CC(=O)[C@@H](C(C)C)C(C)(C)C)Cc1ccccc1.CC(C)C[C@H](C)CC(=O)[C@@H](C(C)C)C(C)(C)C.CC(C)C[C@H](CO)CC(=O)[C@@H](C(C)C)C(C)(C)C.CCCC[C@H](CC(=O)[C@@H](C(C)C)C(C)(C)C)CC(C)C.Cc1ccc(C[C@H](CC(=O)[C@@H](C(C)C)C(C)(C)C)CC(C)C)cc1. The molecule has 0 bridgehead atoms. The lowest BCUT2D eigenvalue weighted by Crippen LogP contribution is -2.34. The average molecular weight is 1980 g/mol. The van der Waals surface area contributed by atoms with E-state index in [0.717, 1.165) is 64.2 Å².